The van der Waals surface area contributed by atoms with Crippen LogP contribution in [-0.2, 0) is 5.41 Å². The molecule has 0 N–H and O–H groups in total. The molecule has 168 valence electrons. The van der Waals surface area contributed by atoms with Crippen molar-refractivity contribution in [1.82, 2.24) is 4.57 Å². The van der Waals surface area contributed by atoms with Gasteiger partial charge in [0, 0.05) is 26.3 Å². The fourth-order valence-electron chi connectivity index (χ4n) is 5.90. The molecule has 6 aromatic rings. The first kappa shape index (κ1) is 20.7. The van der Waals surface area contributed by atoms with E-state index >= 15 is 0 Å². The Hall–Kier alpha value is -3.62. The third-order valence-electron chi connectivity index (χ3n) is 7.66. The molecule has 0 radical (unpaired) electrons. The van der Waals surface area contributed by atoms with Gasteiger partial charge < -0.3 is 4.57 Å². The lowest BCUT2D eigenvalue weighted by atomic mass is 9.82. The molecule has 0 unspecified atom stereocenters. The van der Waals surface area contributed by atoms with E-state index in [0.29, 0.717) is 0 Å². The van der Waals surface area contributed by atoms with Crippen LogP contribution in [0.3, 0.4) is 0 Å². The van der Waals surface area contributed by atoms with Crippen molar-refractivity contribution in [2.24, 2.45) is 0 Å². The minimum Gasteiger partial charge on any atom is -0.309 e. The highest BCUT2D eigenvalue weighted by Crippen LogP contribution is 2.51. The molecule has 35 heavy (non-hydrogen) atoms. The highest BCUT2D eigenvalue weighted by Gasteiger charge is 2.36. The molecular weight excluding hydrogens is 490 g/mol. The van der Waals surface area contributed by atoms with Crippen LogP contribution in [0.4, 0.5) is 0 Å². The Labute approximate surface area is 213 Å². The van der Waals surface area contributed by atoms with Crippen molar-refractivity contribution in [2.75, 3.05) is 0 Å². The summed E-state index contributed by atoms with van der Waals surface area (Å²) in [4.78, 5) is 0. The van der Waals surface area contributed by atoms with Crippen molar-refractivity contribution in [2.45, 2.75) is 19.3 Å². The zero-order chi connectivity index (χ0) is 23.7. The Bertz CT molecular complexity index is 1760. The summed E-state index contributed by atoms with van der Waals surface area (Å²) in [5.41, 5.74) is 11.6. The van der Waals surface area contributed by atoms with Gasteiger partial charge in [0.15, 0.2) is 0 Å². The lowest BCUT2D eigenvalue weighted by Gasteiger charge is -2.21. The Balaban J connectivity index is 1.52. The molecule has 0 amide bonds. The first-order valence-electron chi connectivity index (χ1n) is 12.1. The highest BCUT2D eigenvalue weighted by atomic mass is 79.9. The second-order valence-electron chi connectivity index (χ2n) is 10.00. The van der Waals surface area contributed by atoms with Crippen LogP contribution in [0.1, 0.15) is 25.0 Å². The average Bonchev–Trinajstić information content (AvgIpc) is 3.32. The number of fused-ring (bicyclic) bond motifs is 6. The molecule has 0 fully saturated rings. The van der Waals surface area contributed by atoms with Gasteiger partial charge in [0.2, 0.25) is 0 Å². The maximum atomic E-state index is 3.72. The van der Waals surface area contributed by atoms with Gasteiger partial charge in [-0.05, 0) is 75.8 Å². The second-order valence-corrected chi connectivity index (χ2v) is 10.9. The monoisotopic (exact) mass is 513 g/mol. The zero-order valence-electron chi connectivity index (χ0n) is 19.7. The largest absolute Gasteiger partial charge is 0.309 e. The van der Waals surface area contributed by atoms with Gasteiger partial charge in [-0.25, -0.2) is 0 Å². The summed E-state index contributed by atoms with van der Waals surface area (Å²) in [5, 5.41) is 2.57. The number of rotatable bonds is 2. The molecule has 1 heterocycles. The molecule has 0 aliphatic heterocycles. The predicted octanol–water partition coefficient (Wildman–Crippen LogP) is 9.52. The predicted molar refractivity (Wildman–Crippen MR) is 151 cm³/mol. The van der Waals surface area contributed by atoms with Crippen LogP contribution < -0.4 is 0 Å². The van der Waals surface area contributed by atoms with Crippen LogP contribution >= 0.6 is 15.9 Å². The fourth-order valence-corrected chi connectivity index (χ4v) is 6.26. The van der Waals surface area contributed by atoms with Gasteiger partial charge in [-0.3, -0.25) is 0 Å². The standard InChI is InChI=1S/C33H24BrN/c1-33(2)29-11-7-6-10-25(29)26-20-32-28(19-30(26)33)27-18-23(34)14-17-31(27)35(32)24-15-12-22(13-16-24)21-8-4-3-5-9-21/h3-20H,1-2H3. The number of aromatic nitrogens is 1. The Morgan fingerprint density at radius 3 is 2.06 bits per heavy atom. The summed E-state index contributed by atoms with van der Waals surface area (Å²) in [6.45, 7) is 4.70. The molecule has 5 aromatic carbocycles. The zero-order valence-corrected chi connectivity index (χ0v) is 21.3. The van der Waals surface area contributed by atoms with E-state index in [-0.39, 0.29) is 5.41 Å². The third kappa shape index (κ3) is 3.00. The maximum Gasteiger partial charge on any atom is 0.0547 e. The van der Waals surface area contributed by atoms with E-state index in [1.165, 1.54) is 60.9 Å². The smallest absolute Gasteiger partial charge is 0.0547 e. The normalized spacial score (nSPS) is 13.8. The van der Waals surface area contributed by atoms with Crippen molar-refractivity contribution in [1.29, 1.82) is 0 Å². The van der Waals surface area contributed by atoms with Crippen molar-refractivity contribution in [3.05, 3.63) is 125 Å². The van der Waals surface area contributed by atoms with Gasteiger partial charge in [0.1, 0.15) is 0 Å². The van der Waals surface area contributed by atoms with Crippen LogP contribution in [0.25, 0.3) is 49.7 Å². The van der Waals surface area contributed by atoms with E-state index in [1.807, 2.05) is 0 Å². The van der Waals surface area contributed by atoms with Crippen LogP contribution in [0.2, 0.25) is 0 Å². The fraction of sp³-hybridized carbons (Fsp3) is 0.0909. The summed E-state index contributed by atoms with van der Waals surface area (Å²) in [7, 11) is 0. The van der Waals surface area contributed by atoms with Crippen LogP contribution in [0, 0.1) is 0 Å². The van der Waals surface area contributed by atoms with Gasteiger partial charge in [0.05, 0.1) is 11.0 Å². The van der Waals surface area contributed by atoms with E-state index in [4.69, 9.17) is 0 Å². The van der Waals surface area contributed by atoms with Crippen molar-refractivity contribution in [3.63, 3.8) is 0 Å². The quantitative estimate of drug-likeness (QED) is 0.217. The van der Waals surface area contributed by atoms with Crippen LogP contribution in [0.5, 0.6) is 0 Å². The number of hydrogen-bond acceptors (Lipinski definition) is 0. The Morgan fingerprint density at radius 1 is 0.571 bits per heavy atom. The maximum absolute atomic E-state index is 3.72. The van der Waals surface area contributed by atoms with Crippen LogP contribution in [0.15, 0.2) is 114 Å². The Kier molecular flexibility index (Phi) is 4.40. The van der Waals surface area contributed by atoms with Gasteiger partial charge in [-0.15, -0.1) is 0 Å². The minimum atomic E-state index is -0.0160. The summed E-state index contributed by atoms with van der Waals surface area (Å²) >= 11 is 3.72. The lowest BCUT2D eigenvalue weighted by molar-refractivity contribution is 0.661. The molecule has 7 rings (SSSR count). The second kappa shape index (κ2) is 7.44. The number of halogens is 1. The summed E-state index contributed by atoms with van der Waals surface area (Å²) in [6.07, 6.45) is 0. The summed E-state index contributed by atoms with van der Waals surface area (Å²) < 4.78 is 3.52. The molecule has 0 atom stereocenters. The first-order chi connectivity index (χ1) is 17.0. The highest BCUT2D eigenvalue weighted by molar-refractivity contribution is 9.10. The molecule has 2 heteroatoms. The topological polar surface area (TPSA) is 4.93 Å². The number of hydrogen-bond donors (Lipinski definition) is 0. The molecule has 1 aliphatic rings. The van der Waals surface area contributed by atoms with Crippen LogP contribution in [-0.4, -0.2) is 4.57 Å². The summed E-state index contributed by atoms with van der Waals surface area (Å²) in [6, 6.07) is 39.9. The average molecular weight is 514 g/mol. The van der Waals surface area contributed by atoms with Crippen molar-refractivity contribution < 1.29 is 0 Å². The van der Waals surface area contributed by atoms with Gasteiger partial charge in [0.25, 0.3) is 0 Å². The number of nitrogens with zero attached hydrogens (tertiary/aromatic N) is 1. The molecule has 0 bridgehead atoms. The van der Waals surface area contributed by atoms with Gasteiger partial charge in [-0.1, -0.05) is 96.5 Å². The first-order valence-corrected chi connectivity index (χ1v) is 12.9. The molecular formula is C33H24BrN. The van der Waals surface area contributed by atoms with Gasteiger partial charge in [-0.2, -0.15) is 0 Å². The number of benzene rings is 5. The molecule has 0 saturated heterocycles. The van der Waals surface area contributed by atoms with Crippen molar-refractivity contribution >= 4 is 37.7 Å². The van der Waals surface area contributed by atoms with Crippen molar-refractivity contribution in [3.8, 4) is 27.9 Å². The third-order valence-corrected chi connectivity index (χ3v) is 8.16. The van der Waals surface area contributed by atoms with E-state index < -0.39 is 0 Å². The van der Waals surface area contributed by atoms with E-state index in [2.05, 4.69) is 144 Å². The van der Waals surface area contributed by atoms with Gasteiger partial charge >= 0.3 is 0 Å². The minimum absolute atomic E-state index is 0.0160. The molecule has 1 aromatic heterocycles. The summed E-state index contributed by atoms with van der Waals surface area (Å²) in [5.74, 6) is 0. The van der Waals surface area contributed by atoms with E-state index in [1.54, 1.807) is 0 Å². The molecule has 1 aliphatic carbocycles. The molecule has 1 nitrogen and oxygen atoms in total. The van der Waals surface area contributed by atoms with E-state index in [0.717, 1.165) is 4.47 Å². The Morgan fingerprint density at radius 2 is 1.26 bits per heavy atom. The molecule has 0 spiro atoms. The van der Waals surface area contributed by atoms with E-state index in [9.17, 15) is 0 Å². The SMILES string of the molecule is CC1(C)c2ccccc2-c2cc3c(cc21)c1cc(Br)ccc1n3-c1ccc(-c2ccccc2)cc1. The molecule has 0 saturated carbocycles. The lowest BCUT2D eigenvalue weighted by Crippen LogP contribution is -2.14.